The summed E-state index contributed by atoms with van der Waals surface area (Å²) in [5, 5.41) is 7.71. The average Bonchev–Trinajstić information content (AvgIpc) is 3.54. The Labute approximate surface area is 233 Å². The molecule has 0 radical (unpaired) electrons. The van der Waals surface area contributed by atoms with Crippen LogP contribution in [0, 0.1) is 6.92 Å². The van der Waals surface area contributed by atoms with E-state index in [-0.39, 0.29) is 24.4 Å². The molecular weight excluding hydrogens is 516 g/mol. The molecule has 2 atom stereocenters. The van der Waals surface area contributed by atoms with Gasteiger partial charge in [-0.05, 0) is 73.1 Å². The van der Waals surface area contributed by atoms with Crippen molar-refractivity contribution in [3.63, 3.8) is 0 Å². The second-order valence-corrected chi connectivity index (χ2v) is 10.1. The van der Waals surface area contributed by atoms with E-state index in [0.717, 1.165) is 40.3 Å². The SMILES string of the molecule is CCc1ccccc1NC(=O)CCN1C(=S)N[C@H](c2ccccn2)[C@H]1c1ccc(-c2ccc(C)c(Cl)c2)o1. The molecule has 2 N–H and O–H groups in total. The quantitative estimate of drug-likeness (QED) is 0.236. The lowest BCUT2D eigenvalue weighted by Crippen LogP contribution is -2.32. The van der Waals surface area contributed by atoms with Crippen molar-refractivity contribution in [3.8, 4) is 11.3 Å². The molecule has 5 rings (SSSR count). The van der Waals surface area contributed by atoms with Gasteiger partial charge in [-0.25, -0.2) is 0 Å². The second kappa shape index (κ2) is 11.4. The van der Waals surface area contributed by atoms with Crippen LogP contribution in [0.4, 0.5) is 5.69 Å². The number of amides is 1. The third-order valence-electron chi connectivity index (χ3n) is 6.82. The van der Waals surface area contributed by atoms with Crippen molar-refractivity contribution in [3.05, 3.63) is 107 Å². The summed E-state index contributed by atoms with van der Waals surface area (Å²) in [6.45, 7) is 4.47. The first kappa shape index (κ1) is 25.9. The molecule has 1 amide bonds. The highest BCUT2D eigenvalue weighted by atomic mass is 35.5. The smallest absolute Gasteiger partial charge is 0.226 e. The molecule has 1 aliphatic heterocycles. The van der Waals surface area contributed by atoms with Crippen molar-refractivity contribution in [1.82, 2.24) is 15.2 Å². The Bertz CT molecular complexity index is 1460. The molecule has 1 saturated heterocycles. The lowest BCUT2D eigenvalue weighted by molar-refractivity contribution is -0.116. The number of carbonyl (C=O) groups is 1. The number of hydrogen-bond acceptors (Lipinski definition) is 4. The number of hydrogen-bond donors (Lipinski definition) is 2. The highest BCUT2D eigenvalue weighted by Gasteiger charge is 2.41. The predicted octanol–water partition coefficient (Wildman–Crippen LogP) is 6.87. The number of pyridine rings is 1. The number of rotatable bonds is 8. The van der Waals surface area contributed by atoms with E-state index in [9.17, 15) is 4.79 Å². The number of para-hydroxylation sites is 1. The molecule has 0 unspecified atom stereocenters. The van der Waals surface area contributed by atoms with E-state index in [1.807, 2.05) is 84.6 Å². The van der Waals surface area contributed by atoms with Gasteiger partial charge in [-0.1, -0.05) is 54.9 Å². The van der Waals surface area contributed by atoms with E-state index in [1.54, 1.807) is 6.20 Å². The van der Waals surface area contributed by atoms with E-state index in [1.165, 1.54) is 0 Å². The first-order valence-corrected chi connectivity index (χ1v) is 13.4. The molecule has 8 heteroatoms. The van der Waals surface area contributed by atoms with E-state index in [4.69, 9.17) is 28.2 Å². The van der Waals surface area contributed by atoms with Crippen LogP contribution in [0.2, 0.25) is 5.02 Å². The van der Waals surface area contributed by atoms with E-state index in [0.29, 0.717) is 22.4 Å². The minimum absolute atomic E-state index is 0.0665. The Morgan fingerprint density at radius 1 is 1.13 bits per heavy atom. The number of aromatic nitrogens is 1. The Balaban J connectivity index is 1.40. The molecule has 1 fully saturated rings. The molecule has 0 spiro atoms. The molecule has 2 aromatic carbocycles. The minimum Gasteiger partial charge on any atom is -0.459 e. The monoisotopic (exact) mass is 544 g/mol. The summed E-state index contributed by atoms with van der Waals surface area (Å²) >= 11 is 12.1. The van der Waals surface area contributed by atoms with Crippen LogP contribution in [0.1, 0.15) is 48.0 Å². The number of nitrogens with zero attached hydrogens (tertiary/aromatic N) is 2. The summed E-state index contributed by atoms with van der Waals surface area (Å²) in [5.41, 5.74) is 4.70. The highest BCUT2D eigenvalue weighted by Crippen LogP contribution is 2.40. The molecule has 0 saturated carbocycles. The van der Waals surface area contributed by atoms with Gasteiger partial charge in [0.05, 0.1) is 11.7 Å². The standard InChI is InChI=1S/C30H29ClN4O2S/c1-3-20-8-4-5-9-23(20)33-27(36)15-17-35-29(28(34-30(35)38)24-10-6-7-16-32-24)26-14-13-25(37-26)21-12-11-19(2)22(31)18-21/h4-14,16,18,28-29H,3,15,17H2,1-2H3,(H,33,36)(H,34,38)/t28-,29-/m1/s1. The highest BCUT2D eigenvalue weighted by molar-refractivity contribution is 7.80. The van der Waals surface area contributed by atoms with Crippen LogP contribution in [0.15, 0.2) is 83.4 Å². The van der Waals surface area contributed by atoms with Gasteiger partial charge in [-0.3, -0.25) is 9.78 Å². The number of anilines is 1. The average molecular weight is 545 g/mol. The zero-order valence-corrected chi connectivity index (χ0v) is 22.9. The fourth-order valence-electron chi connectivity index (χ4n) is 4.75. The van der Waals surface area contributed by atoms with Crippen molar-refractivity contribution in [1.29, 1.82) is 0 Å². The predicted molar refractivity (Wildman–Crippen MR) is 155 cm³/mol. The fraction of sp³-hybridized carbons (Fsp3) is 0.233. The van der Waals surface area contributed by atoms with Crippen molar-refractivity contribution >= 4 is 40.5 Å². The van der Waals surface area contributed by atoms with Gasteiger partial charge in [0.2, 0.25) is 5.91 Å². The van der Waals surface area contributed by atoms with Crippen LogP contribution >= 0.6 is 23.8 Å². The first-order valence-electron chi connectivity index (χ1n) is 12.7. The lowest BCUT2D eigenvalue weighted by atomic mass is 10.0. The zero-order valence-electron chi connectivity index (χ0n) is 21.3. The molecule has 194 valence electrons. The van der Waals surface area contributed by atoms with Crippen LogP contribution < -0.4 is 10.6 Å². The van der Waals surface area contributed by atoms with Gasteiger partial charge in [0.25, 0.3) is 0 Å². The van der Waals surface area contributed by atoms with Gasteiger partial charge >= 0.3 is 0 Å². The van der Waals surface area contributed by atoms with Crippen LogP contribution in [0.5, 0.6) is 0 Å². The second-order valence-electron chi connectivity index (χ2n) is 9.29. The summed E-state index contributed by atoms with van der Waals surface area (Å²) in [4.78, 5) is 19.5. The third kappa shape index (κ3) is 5.44. The lowest BCUT2D eigenvalue weighted by Gasteiger charge is -2.26. The number of furan rings is 1. The fourth-order valence-corrected chi connectivity index (χ4v) is 5.27. The van der Waals surface area contributed by atoms with E-state index in [2.05, 4.69) is 22.5 Å². The Hall–Kier alpha value is -3.68. The first-order chi connectivity index (χ1) is 18.4. The summed E-state index contributed by atoms with van der Waals surface area (Å²) < 4.78 is 6.38. The van der Waals surface area contributed by atoms with Gasteiger partial charge in [-0.2, -0.15) is 0 Å². The molecule has 6 nitrogen and oxygen atoms in total. The van der Waals surface area contributed by atoms with Crippen LogP contribution in [-0.2, 0) is 11.2 Å². The number of thiocarbonyl (C=S) groups is 1. The van der Waals surface area contributed by atoms with Crippen LogP contribution in [0.3, 0.4) is 0 Å². The third-order valence-corrected chi connectivity index (χ3v) is 7.58. The Kier molecular flexibility index (Phi) is 7.77. The number of nitrogens with one attached hydrogen (secondary N) is 2. The van der Waals surface area contributed by atoms with Crippen molar-refractivity contribution < 1.29 is 9.21 Å². The van der Waals surface area contributed by atoms with Gasteiger partial charge in [0, 0.05) is 35.4 Å². The normalized spacial score (nSPS) is 16.9. The van der Waals surface area contributed by atoms with E-state index < -0.39 is 0 Å². The van der Waals surface area contributed by atoms with Crippen LogP contribution in [0.25, 0.3) is 11.3 Å². The summed E-state index contributed by atoms with van der Waals surface area (Å²) in [6.07, 6.45) is 2.88. The van der Waals surface area contributed by atoms with Gasteiger partial charge in [0.15, 0.2) is 5.11 Å². The van der Waals surface area contributed by atoms with Gasteiger partial charge in [-0.15, -0.1) is 0 Å². The molecule has 38 heavy (non-hydrogen) atoms. The molecule has 3 heterocycles. The van der Waals surface area contributed by atoms with Gasteiger partial charge < -0.3 is 20.0 Å². The summed E-state index contributed by atoms with van der Waals surface area (Å²) in [6, 6.07) is 22.9. The molecule has 1 aliphatic rings. The Morgan fingerprint density at radius 3 is 2.71 bits per heavy atom. The zero-order chi connectivity index (χ0) is 26.6. The maximum absolute atomic E-state index is 12.9. The number of carbonyl (C=O) groups excluding carboxylic acids is 1. The molecule has 4 aromatic rings. The maximum atomic E-state index is 12.9. The molecule has 2 aromatic heterocycles. The topological polar surface area (TPSA) is 70.4 Å². The molecular formula is C30H29ClN4O2S. The van der Waals surface area contributed by atoms with Crippen molar-refractivity contribution in [2.45, 2.75) is 38.8 Å². The van der Waals surface area contributed by atoms with Crippen molar-refractivity contribution in [2.75, 3.05) is 11.9 Å². The Morgan fingerprint density at radius 2 is 1.95 bits per heavy atom. The van der Waals surface area contributed by atoms with Gasteiger partial charge in [0.1, 0.15) is 17.6 Å². The number of benzene rings is 2. The maximum Gasteiger partial charge on any atom is 0.226 e. The van der Waals surface area contributed by atoms with Crippen molar-refractivity contribution in [2.24, 2.45) is 0 Å². The minimum atomic E-state index is -0.275. The van der Waals surface area contributed by atoms with Crippen LogP contribution in [-0.4, -0.2) is 27.4 Å². The number of aryl methyl sites for hydroxylation is 2. The molecule has 0 bridgehead atoms. The summed E-state index contributed by atoms with van der Waals surface area (Å²) in [5.74, 6) is 1.38. The largest absolute Gasteiger partial charge is 0.459 e. The number of halogens is 1. The molecule has 0 aliphatic carbocycles. The van der Waals surface area contributed by atoms with E-state index >= 15 is 0 Å². The summed E-state index contributed by atoms with van der Waals surface area (Å²) in [7, 11) is 0.